The van der Waals surface area contributed by atoms with Crippen molar-refractivity contribution >= 4 is 17.0 Å². The lowest BCUT2D eigenvalue weighted by Crippen LogP contribution is -2.12. The molecular formula is C17H15FN2O3. The molecule has 0 amide bonds. The third-order valence-electron chi connectivity index (χ3n) is 3.59. The van der Waals surface area contributed by atoms with Crippen LogP contribution in [0.2, 0.25) is 0 Å². The fraction of sp³-hybridized carbons (Fsp3) is 0.176. The molecule has 3 rings (SSSR count). The molecule has 0 aliphatic heterocycles. The van der Waals surface area contributed by atoms with Crippen molar-refractivity contribution in [1.29, 1.82) is 0 Å². The zero-order valence-electron chi connectivity index (χ0n) is 12.7. The van der Waals surface area contributed by atoms with E-state index < -0.39 is 11.8 Å². The van der Waals surface area contributed by atoms with Crippen molar-refractivity contribution in [1.82, 2.24) is 9.55 Å². The Morgan fingerprint density at radius 3 is 2.65 bits per heavy atom. The largest absolute Gasteiger partial charge is 0.494 e. The van der Waals surface area contributed by atoms with Gasteiger partial charge in [-0.25, -0.2) is 9.37 Å². The van der Waals surface area contributed by atoms with Crippen LogP contribution in [0.25, 0.3) is 22.4 Å². The Kier molecular flexibility index (Phi) is 3.97. The van der Waals surface area contributed by atoms with Crippen LogP contribution in [0.1, 0.15) is 0 Å². The Labute approximate surface area is 132 Å². The number of carbonyl (C=O) groups is 1. The number of hydrogen-bond acceptors (Lipinski definition) is 4. The van der Waals surface area contributed by atoms with Crippen LogP contribution in [0, 0.1) is 5.82 Å². The van der Waals surface area contributed by atoms with Gasteiger partial charge in [0.2, 0.25) is 0 Å². The van der Waals surface area contributed by atoms with E-state index in [1.165, 1.54) is 20.3 Å². The van der Waals surface area contributed by atoms with Crippen LogP contribution >= 0.6 is 0 Å². The summed E-state index contributed by atoms with van der Waals surface area (Å²) >= 11 is 0. The number of imidazole rings is 1. The Balaban J connectivity index is 2.29. The number of carbonyl (C=O) groups excluding carboxylic acids is 1. The van der Waals surface area contributed by atoms with E-state index in [1.807, 2.05) is 0 Å². The van der Waals surface area contributed by atoms with E-state index in [0.29, 0.717) is 28.2 Å². The molecule has 0 radical (unpaired) electrons. The van der Waals surface area contributed by atoms with Crippen LogP contribution in [0.15, 0.2) is 42.5 Å². The van der Waals surface area contributed by atoms with Crippen LogP contribution in [0.4, 0.5) is 4.39 Å². The highest BCUT2D eigenvalue weighted by molar-refractivity contribution is 5.87. The first-order chi connectivity index (χ1) is 11.2. The van der Waals surface area contributed by atoms with Gasteiger partial charge in [0.05, 0.1) is 25.3 Å². The van der Waals surface area contributed by atoms with Gasteiger partial charge in [-0.3, -0.25) is 4.79 Å². The molecule has 0 N–H and O–H groups in total. The number of methoxy groups -OCH3 is 2. The minimum Gasteiger partial charge on any atom is -0.494 e. The average Bonchev–Trinajstić information content (AvgIpc) is 2.93. The van der Waals surface area contributed by atoms with Gasteiger partial charge >= 0.3 is 5.97 Å². The van der Waals surface area contributed by atoms with Gasteiger partial charge < -0.3 is 14.0 Å². The lowest BCUT2D eigenvalue weighted by atomic mass is 10.2. The molecule has 1 heterocycles. The first-order valence-corrected chi connectivity index (χ1v) is 7.00. The van der Waals surface area contributed by atoms with E-state index in [-0.39, 0.29) is 6.54 Å². The molecule has 0 bridgehead atoms. The summed E-state index contributed by atoms with van der Waals surface area (Å²) < 4.78 is 25.9. The van der Waals surface area contributed by atoms with Crippen molar-refractivity contribution in [2.45, 2.75) is 6.54 Å². The number of halogens is 1. The summed E-state index contributed by atoms with van der Waals surface area (Å²) in [5.41, 5.74) is 1.56. The number of ether oxygens (including phenoxy) is 2. The number of aromatic nitrogens is 2. The van der Waals surface area contributed by atoms with Gasteiger partial charge in [-0.15, -0.1) is 0 Å². The first kappa shape index (κ1) is 15.0. The van der Waals surface area contributed by atoms with E-state index in [1.54, 1.807) is 41.0 Å². The Morgan fingerprint density at radius 2 is 1.96 bits per heavy atom. The molecule has 1 aromatic heterocycles. The van der Waals surface area contributed by atoms with Crippen molar-refractivity contribution in [3.63, 3.8) is 0 Å². The topological polar surface area (TPSA) is 53.4 Å². The summed E-state index contributed by atoms with van der Waals surface area (Å²) in [6.45, 7) is -0.0656. The molecule has 0 atom stereocenters. The van der Waals surface area contributed by atoms with Gasteiger partial charge in [-0.2, -0.15) is 0 Å². The molecule has 5 nitrogen and oxygen atoms in total. The van der Waals surface area contributed by atoms with Crippen LogP contribution in [0.3, 0.4) is 0 Å². The molecule has 0 aliphatic carbocycles. The van der Waals surface area contributed by atoms with Gasteiger partial charge in [0.1, 0.15) is 29.5 Å². The molecule has 0 unspecified atom stereocenters. The third kappa shape index (κ3) is 2.63. The molecular weight excluding hydrogens is 299 g/mol. The van der Waals surface area contributed by atoms with Crippen molar-refractivity contribution in [2.24, 2.45) is 0 Å². The Morgan fingerprint density at radius 1 is 1.17 bits per heavy atom. The smallest absolute Gasteiger partial charge is 0.325 e. The highest BCUT2D eigenvalue weighted by atomic mass is 19.1. The van der Waals surface area contributed by atoms with Gasteiger partial charge in [0.25, 0.3) is 0 Å². The van der Waals surface area contributed by atoms with Crippen molar-refractivity contribution in [3.8, 4) is 17.1 Å². The number of esters is 1. The number of hydrogen-bond donors (Lipinski definition) is 0. The number of rotatable bonds is 4. The Bertz CT molecular complexity index is 873. The van der Waals surface area contributed by atoms with Crippen LogP contribution < -0.4 is 4.74 Å². The van der Waals surface area contributed by atoms with E-state index in [4.69, 9.17) is 9.47 Å². The molecule has 23 heavy (non-hydrogen) atoms. The maximum absolute atomic E-state index is 14.2. The summed E-state index contributed by atoms with van der Waals surface area (Å²) in [6.07, 6.45) is 0. The second-order valence-corrected chi connectivity index (χ2v) is 4.91. The molecule has 6 heteroatoms. The molecule has 3 aromatic rings. The molecule has 0 aliphatic rings. The average molecular weight is 314 g/mol. The molecule has 0 fully saturated rings. The monoisotopic (exact) mass is 314 g/mol. The predicted octanol–water partition coefficient (Wildman–Crippen LogP) is 3.02. The van der Waals surface area contributed by atoms with E-state index in [9.17, 15) is 9.18 Å². The number of benzene rings is 2. The first-order valence-electron chi connectivity index (χ1n) is 7.00. The highest BCUT2D eigenvalue weighted by Gasteiger charge is 2.19. The molecule has 0 spiro atoms. The third-order valence-corrected chi connectivity index (χ3v) is 3.59. The summed E-state index contributed by atoms with van der Waals surface area (Å²) in [7, 11) is 2.85. The predicted molar refractivity (Wildman–Crippen MR) is 83.7 cm³/mol. The second-order valence-electron chi connectivity index (χ2n) is 4.91. The van der Waals surface area contributed by atoms with E-state index in [2.05, 4.69) is 4.98 Å². The summed E-state index contributed by atoms with van der Waals surface area (Å²) in [6, 6.07) is 11.7. The zero-order valence-corrected chi connectivity index (χ0v) is 12.7. The lowest BCUT2D eigenvalue weighted by molar-refractivity contribution is -0.141. The van der Waals surface area contributed by atoms with Gasteiger partial charge in [-0.05, 0) is 24.3 Å². The minimum absolute atomic E-state index is 0.0656. The zero-order chi connectivity index (χ0) is 16.4. The van der Waals surface area contributed by atoms with E-state index >= 15 is 0 Å². The van der Waals surface area contributed by atoms with Crippen molar-refractivity contribution in [2.75, 3.05) is 14.2 Å². The summed E-state index contributed by atoms with van der Waals surface area (Å²) in [5, 5.41) is 0. The van der Waals surface area contributed by atoms with Crippen molar-refractivity contribution in [3.05, 3.63) is 48.3 Å². The molecule has 118 valence electrons. The second kappa shape index (κ2) is 6.08. The minimum atomic E-state index is -0.440. The van der Waals surface area contributed by atoms with E-state index in [0.717, 1.165) is 0 Å². The van der Waals surface area contributed by atoms with Crippen LogP contribution in [-0.4, -0.2) is 29.7 Å². The standard InChI is InChI=1S/C17H15FN2O3/c1-22-14-9-5-8-13-16(14)19-17(20(13)10-15(21)23-2)11-6-3-4-7-12(11)18/h3-9H,10H2,1-2H3. The molecule has 0 saturated carbocycles. The number of fused-ring (bicyclic) bond motifs is 1. The summed E-state index contributed by atoms with van der Waals surface area (Å²) in [5.74, 6) is 0.0642. The van der Waals surface area contributed by atoms with Gasteiger partial charge in [-0.1, -0.05) is 18.2 Å². The SMILES string of the molecule is COC(=O)Cn1c(-c2ccccc2F)nc2c(OC)cccc21. The molecule has 0 saturated heterocycles. The quantitative estimate of drug-likeness (QED) is 0.695. The summed E-state index contributed by atoms with van der Waals surface area (Å²) in [4.78, 5) is 16.2. The van der Waals surface area contributed by atoms with Crippen molar-refractivity contribution < 1.29 is 18.7 Å². The maximum atomic E-state index is 14.2. The molecule has 2 aromatic carbocycles. The van der Waals surface area contributed by atoms with Gasteiger partial charge in [0.15, 0.2) is 0 Å². The fourth-order valence-corrected chi connectivity index (χ4v) is 2.49. The maximum Gasteiger partial charge on any atom is 0.325 e. The Hall–Kier alpha value is -2.89. The number of para-hydroxylation sites is 1. The fourth-order valence-electron chi connectivity index (χ4n) is 2.49. The van der Waals surface area contributed by atoms with Crippen LogP contribution in [0.5, 0.6) is 5.75 Å². The van der Waals surface area contributed by atoms with Crippen LogP contribution in [-0.2, 0) is 16.1 Å². The lowest BCUT2D eigenvalue weighted by Gasteiger charge is -2.08. The van der Waals surface area contributed by atoms with Gasteiger partial charge in [0, 0.05) is 0 Å². The highest BCUT2D eigenvalue weighted by Crippen LogP contribution is 2.31. The number of nitrogens with zero attached hydrogens (tertiary/aromatic N) is 2. The normalized spacial score (nSPS) is 10.7.